The molecule has 0 amide bonds. The second-order valence-corrected chi connectivity index (χ2v) is 3.68. The van der Waals surface area contributed by atoms with Crippen LogP contribution in [0.4, 0.5) is 4.39 Å². The minimum Gasteiger partial charge on any atom is -0.317 e. The Hall–Kier alpha value is -0.150. The van der Waals surface area contributed by atoms with E-state index in [9.17, 15) is 4.39 Å². The van der Waals surface area contributed by atoms with Gasteiger partial charge < -0.3 is 5.32 Å². The highest BCUT2D eigenvalue weighted by molar-refractivity contribution is 4.94. The molecule has 2 nitrogen and oxygen atoms in total. The highest BCUT2D eigenvalue weighted by Crippen LogP contribution is 2.40. The van der Waals surface area contributed by atoms with E-state index in [0.717, 1.165) is 38.9 Å². The Morgan fingerprint density at radius 1 is 1.09 bits per heavy atom. The van der Waals surface area contributed by atoms with E-state index in [1.807, 2.05) is 0 Å². The third kappa shape index (κ3) is 1.16. The lowest BCUT2D eigenvalue weighted by Crippen LogP contribution is -2.42. The number of nitrogens with one attached hydrogen (secondary N) is 2. The first-order chi connectivity index (χ1) is 5.33. The Labute approximate surface area is 66.5 Å². The van der Waals surface area contributed by atoms with Crippen molar-refractivity contribution < 1.29 is 4.39 Å². The molecule has 0 aromatic carbocycles. The fourth-order valence-electron chi connectivity index (χ4n) is 2.22. The molecule has 0 aromatic heterocycles. The molecule has 1 spiro atoms. The molecule has 0 saturated carbocycles. The predicted octanol–water partition coefficient (Wildman–Crippen LogP) is 0.645. The van der Waals surface area contributed by atoms with Crippen LogP contribution < -0.4 is 10.6 Å². The molecule has 1 atom stereocenters. The van der Waals surface area contributed by atoms with Crippen LogP contribution in [0.15, 0.2) is 0 Å². The molecular formula is C8H15FN2. The van der Waals surface area contributed by atoms with E-state index in [2.05, 4.69) is 10.6 Å². The Balaban J connectivity index is 2.06. The van der Waals surface area contributed by atoms with Gasteiger partial charge in [0.15, 0.2) is 6.30 Å². The summed E-state index contributed by atoms with van der Waals surface area (Å²) < 4.78 is 13.3. The maximum Gasteiger partial charge on any atom is 0.156 e. The van der Waals surface area contributed by atoms with Crippen molar-refractivity contribution >= 4 is 0 Å². The molecule has 64 valence electrons. The highest BCUT2D eigenvalue weighted by atomic mass is 19.1. The van der Waals surface area contributed by atoms with Crippen molar-refractivity contribution in [1.29, 1.82) is 0 Å². The average Bonchev–Trinajstić information content (AvgIpc) is 2.36. The minimum absolute atomic E-state index is 0.00868. The van der Waals surface area contributed by atoms with E-state index in [1.54, 1.807) is 0 Å². The van der Waals surface area contributed by atoms with Gasteiger partial charge in [0, 0.05) is 5.41 Å². The fraction of sp³-hybridized carbons (Fsp3) is 1.00. The maximum atomic E-state index is 13.3. The van der Waals surface area contributed by atoms with E-state index in [1.165, 1.54) is 0 Å². The third-order valence-electron chi connectivity index (χ3n) is 3.08. The smallest absolute Gasteiger partial charge is 0.156 e. The van der Waals surface area contributed by atoms with Gasteiger partial charge in [0.25, 0.3) is 0 Å². The van der Waals surface area contributed by atoms with Crippen molar-refractivity contribution in [2.45, 2.75) is 25.6 Å². The van der Waals surface area contributed by atoms with E-state index < -0.39 is 6.30 Å². The van der Waals surface area contributed by atoms with Gasteiger partial charge in [-0.05, 0) is 38.9 Å². The standard InChI is InChI=1S/C8H15FN2/c9-7-8(3-6-11-7)1-4-10-5-2-8/h7,10-11H,1-6H2. The average molecular weight is 158 g/mol. The molecule has 2 saturated heterocycles. The van der Waals surface area contributed by atoms with E-state index in [0.29, 0.717) is 0 Å². The third-order valence-corrected chi connectivity index (χ3v) is 3.08. The SMILES string of the molecule is FC1NCCC12CCNCC2. The first kappa shape index (κ1) is 7.50. The van der Waals surface area contributed by atoms with Gasteiger partial charge in [-0.15, -0.1) is 0 Å². The molecule has 0 aliphatic carbocycles. The number of halogens is 1. The van der Waals surface area contributed by atoms with Crippen LogP contribution in [-0.4, -0.2) is 25.9 Å². The molecule has 0 radical (unpaired) electrons. The number of hydrogen-bond acceptors (Lipinski definition) is 2. The summed E-state index contributed by atoms with van der Waals surface area (Å²) in [6.07, 6.45) is 2.28. The molecule has 2 aliphatic rings. The summed E-state index contributed by atoms with van der Waals surface area (Å²) in [7, 11) is 0. The van der Waals surface area contributed by atoms with Crippen molar-refractivity contribution in [3.05, 3.63) is 0 Å². The topological polar surface area (TPSA) is 24.1 Å². The minimum atomic E-state index is -0.746. The molecule has 3 heteroatoms. The van der Waals surface area contributed by atoms with Crippen molar-refractivity contribution in [2.24, 2.45) is 5.41 Å². The lowest BCUT2D eigenvalue weighted by Gasteiger charge is -2.34. The molecule has 2 rings (SSSR count). The number of alkyl halides is 1. The molecule has 2 aliphatic heterocycles. The Morgan fingerprint density at radius 2 is 1.73 bits per heavy atom. The molecule has 2 heterocycles. The van der Waals surface area contributed by atoms with Gasteiger partial charge in [-0.25, -0.2) is 4.39 Å². The molecule has 1 unspecified atom stereocenters. The van der Waals surface area contributed by atoms with Gasteiger partial charge in [0.05, 0.1) is 0 Å². The lowest BCUT2D eigenvalue weighted by atomic mass is 9.77. The number of rotatable bonds is 0. The summed E-state index contributed by atoms with van der Waals surface area (Å²) in [6, 6.07) is 0. The second kappa shape index (κ2) is 2.72. The van der Waals surface area contributed by atoms with Crippen molar-refractivity contribution in [3.8, 4) is 0 Å². The van der Waals surface area contributed by atoms with E-state index >= 15 is 0 Å². The first-order valence-electron chi connectivity index (χ1n) is 4.42. The normalized spacial score (nSPS) is 36.3. The summed E-state index contributed by atoms with van der Waals surface area (Å²) in [6.45, 7) is 2.84. The van der Waals surface area contributed by atoms with Crippen LogP contribution in [0.3, 0.4) is 0 Å². The van der Waals surface area contributed by atoms with Gasteiger partial charge >= 0.3 is 0 Å². The van der Waals surface area contributed by atoms with Crippen LogP contribution >= 0.6 is 0 Å². The quantitative estimate of drug-likeness (QED) is 0.506. The number of hydrogen-bond donors (Lipinski definition) is 2. The zero-order chi connectivity index (χ0) is 7.73. The first-order valence-corrected chi connectivity index (χ1v) is 4.42. The molecular weight excluding hydrogens is 143 g/mol. The summed E-state index contributed by atoms with van der Waals surface area (Å²) in [5.74, 6) is 0. The fourth-order valence-corrected chi connectivity index (χ4v) is 2.22. The number of piperidine rings is 1. The molecule has 2 fully saturated rings. The highest BCUT2D eigenvalue weighted by Gasteiger charge is 2.43. The summed E-state index contributed by atoms with van der Waals surface area (Å²) in [4.78, 5) is 0. The monoisotopic (exact) mass is 158 g/mol. The summed E-state index contributed by atoms with van der Waals surface area (Å²) in [5, 5.41) is 6.15. The van der Waals surface area contributed by atoms with Crippen LogP contribution in [0.2, 0.25) is 0 Å². The van der Waals surface area contributed by atoms with Crippen LogP contribution in [0.1, 0.15) is 19.3 Å². The van der Waals surface area contributed by atoms with Crippen LogP contribution in [0, 0.1) is 5.41 Å². The Kier molecular flexibility index (Phi) is 1.85. The molecule has 0 aromatic rings. The van der Waals surface area contributed by atoms with Crippen molar-refractivity contribution in [1.82, 2.24) is 10.6 Å². The molecule has 2 N–H and O–H groups in total. The predicted molar refractivity (Wildman–Crippen MR) is 42.1 cm³/mol. The summed E-state index contributed by atoms with van der Waals surface area (Å²) >= 11 is 0. The van der Waals surface area contributed by atoms with E-state index in [-0.39, 0.29) is 5.41 Å². The van der Waals surface area contributed by atoms with Gasteiger partial charge in [0.2, 0.25) is 0 Å². The lowest BCUT2D eigenvalue weighted by molar-refractivity contribution is 0.0869. The van der Waals surface area contributed by atoms with Crippen molar-refractivity contribution in [3.63, 3.8) is 0 Å². The van der Waals surface area contributed by atoms with E-state index in [4.69, 9.17) is 0 Å². The van der Waals surface area contributed by atoms with Crippen LogP contribution in [-0.2, 0) is 0 Å². The molecule has 0 bridgehead atoms. The van der Waals surface area contributed by atoms with Gasteiger partial charge in [-0.2, -0.15) is 0 Å². The van der Waals surface area contributed by atoms with Crippen LogP contribution in [0.5, 0.6) is 0 Å². The van der Waals surface area contributed by atoms with Crippen LogP contribution in [0.25, 0.3) is 0 Å². The van der Waals surface area contributed by atoms with Gasteiger partial charge in [-0.3, -0.25) is 5.32 Å². The zero-order valence-corrected chi connectivity index (χ0v) is 6.70. The van der Waals surface area contributed by atoms with Gasteiger partial charge in [0.1, 0.15) is 0 Å². The summed E-state index contributed by atoms with van der Waals surface area (Å²) in [5.41, 5.74) is -0.00868. The van der Waals surface area contributed by atoms with Gasteiger partial charge in [-0.1, -0.05) is 0 Å². The zero-order valence-electron chi connectivity index (χ0n) is 6.70. The maximum absolute atomic E-state index is 13.3. The Morgan fingerprint density at radius 3 is 2.27 bits per heavy atom. The second-order valence-electron chi connectivity index (χ2n) is 3.68. The largest absolute Gasteiger partial charge is 0.317 e. The van der Waals surface area contributed by atoms with Crippen molar-refractivity contribution in [2.75, 3.05) is 19.6 Å². The molecule has 11 heavy (non-hydrogen) atoms. The Bertz CT molecular complexity index is 143.